The Morgan fingerprint density at radius 2 is 0.789 bits per heavy atom. The first-order valence-electron chi connectivity index (χ1n) is 18.9. The SMILES string of the molecule is c1ccc(-c2ccc(N(c3ccc4c(c3)oc3ccccc34)c3cc(-c4nc(-c5ccccc5)nc(-c5ccccc5)n4)c4c(c3)oc3ccccc34)cc2)cc1. The molecule has 11 rings (SSSR count). The molecule has 3 heterocycles. The van der Waals surface area contributed by atoms with Gasteiger partial charge in [0.2, 0.25) is 0 Å². The fraction of sp³-hybridized carbons (Fsp3) is 0. The van der Waals surface area contributed by atoms with Crippen LogP contribution in [0.3, 0.4) is 0 Å². The largest absolute Gasteiger partial charge is 0.456 e. The summed E-state index contributed by atoms with van der Waals surface area (Å²) in [6.45, 7) is 0. The number of anilines is 3. The minimum Gasteiger partial charge on any atom is -0.456 e. The number of aromatic nitrogens is 3. The van der Waals surface area contributed by atoms with Crippen molar-refractivity contribution in [2.24, 2.45) is 0 Å². The zero-order chi connectivity index (χ0) is 37.7. The first kappa shape index (κ1) is 32.6. The molecule has 0 aliphatic heterocycles. The van der Waals surface area contributed by atoms with Crippen LogP contribution in [-0.4, -0.2) is 15.0 Å². The van der Waals surface area contributed by atoms with Crippen molar-refractivity contribution in [3.05, 3.63) is 194 Å². The van der Waals surface area contributed by atoms with Crippen LogP contribution >= 0.6 is 0 Å². The maximum atomic E-state index is 6.68. The van der Waals surface area contributed by atoms with Gasteiger partial charge in [-0.15, -0.1) is 0 Å². The third-order valence-electron chi connectivity index (χ3n) is 10.5. The van der Waals surface area contributed by atoms with Crippen LogP contribution in [0.4, 0.5) is 17.1 Å². The maximum absolute atomic E-state index is 6.68. The van der Waals surface area contributed by atoms with Gasteiger partial charge in [-0.1, -0.05) is 140 Å². The zero-order valence-corrected chi connectivity index (χ0v) is 30.6. The average Bonchev–Trinajstić information content (AvgIpc) is 3.85. The highest BCUT2D eigenvalue weighted by atomic mass is 16.3. The molecule has 3 aromatic heterocycles. The number of para-hydroxylation sites is 2. The summed E-state index contributed by atoms with van der Waals surface area (Å²) in [7, 11) is 0. The van der Waals surface area contributed by atoms with Crippen LogP contribution in [0.15, 0.2) is 203 Å². The van der Waals surface area contributed by atoms with E-state index in [1.165, 1.54) is 0 Å². The molecule has 6 nitrogen and oxygen atoms in total. The number of furan rings is 2. The normalized spacial score (nSPS) is 11.5. The number of rotatable bonds is 7. The van der Waals surface area contributed by atoms with Crippen LogP contribution in [0.2, 0.25) is 0 Å². The summed E-state index contributed by atoms with van der Waals surface area (Å²) in [5.74, 6) is 1.73. The third kappa shape index (κ3) is 5.79. The lowest BCUT2D eigenvalue weighted by atomic mass is 10.0. The molecule has 0 radical (unpaired) electrons. The Hall–Kier alpha value is -7.83. The topological polar surface area (TPSA) is 68.2 Å². The minimum atomic E-state index is 0.549. The molecule has 8 aromatic carbocycles. The molecule has 6 heteroatoms. The fourth-order valence-electron chi connectivity index (χ4n) is 7.81. The first-order valence-corrected chi connectivity index (χ1v) is 18.9. The quantitative estimate of drug-likeness (QED) is 0.162. The molecule has 0 bridgehead atoms. The van der Waals surface area contributed by atoms with Gasteiger partial charge in [-0.2, -0.15) is 0 Å². The summed E-state index contributed by atoms with van der Waals surface area (Å²) in [5.41, 5.74) is 10.9. The van der Waals surface area contributed by atoms with E-state index in [9.17, 15) is 0 Å². The lowest BCUT2D eigenvalue weighted by Crippen LogP contribution is -2.10. The van der Waals surface area contributed by atoms with Crippen molar-refractivity contribution in [1.29, 1.82) is 0 Å². The molecular formula is C51H32N4O2. The molecule has 0 N–H and O–H groups in total. The molecule has 0 atom stereocenters. The van der Waals surface area contributed by atoms with Gasteiger partial charge in [0.15, 0.2) is 17.5 Å². The van der Waals surface area contributed by atoms with E-state index in [2.05, 4.69) is 95.9 Å². The van der Waals surface area contributed by atoms with Gasteiger partial charge in [0, 0.05) is 61.7 Å². The summed E-state index contributed by atoms with van der Waals surface area (Å²) in [4.78, 5) is 17.6. The third-order valence-corrected chi connectivity index (χ3v) is 10.5. The summed E-state index contributed by atoms with van der Waals surface area (Å²) in [6, 6.07) is 66.2. The Morgan fingerprint density at radius 3 is 1.46 bits per heavy atom. The van der Waals surface area contributed by atoms with E-state index in [0.29, 0.717) is 17.5 Å². The van der Waals surface area contributed by atoms with Crippen LogP contribution in [0.5, 0.6) is 0 Å². The molecule has 0 spiro atoms. The number of nitrogens with zero attached hydrogens (tertiary/aromatic N) is 4. The summed E-state index contributed by atoms with van der Waals surface area (Å²) in [5, 5.41) is 4.07. The molecule has 0 aliphatic carbocycles. The molecule has 0 saturated carbocycles. The first-order chi connectivity index (χ1) is 28.2. The van der Waals surface area contributed by atoms with Gasteiger partial charge in [0.05, 0.1) is 5.69 Å². The lowest BCUT2D eigenvalue weighted by Gasteiger charge is -2.26. The number of fused-ring (bicyclic) bond motifs is 6. The molecule has 268 valence electrons. The van der Waals surface area contributed by atoms with E-state index in [1.54, 1.807) is 0 Å². The Kier molecular flexibility index (Phi) is 7.71. The second kappa shape index (κ2) is 13.5. The van der Waals surface area contributed by atoms with Crippen LogP contribution < -0.4 is 4.90 Å². The van der Waals surface area contributed by atoms with Crippen molar-refractivity contribution in [3.8, 4) is 45.3 Å². The Bertz CT molecular complexity index is 3170. The van der Waals surface area contributed by atoms with Crippen molar-refractivity contribution in [3.63, 3.8) is 0 Å². The zero-order valence-electron chi connectivity index (χ0n) is 30.6. The molecule has 0 fully saturated rings. The van der Waals surface area contributed by atoms with Crippen LogP contribution in [0.1, 0.15) is 0 Å². The smallest absolute Gasteiger partial charge is 0.164 e. The maximum Gasteiger partial charge on any atom is 0.164 e. The van der Waals surface area contributed by atoms with Crippen molar-refractivity contribution >= 4 is 60.9 Å². The Balaban J connectivity index is 1.17. The van der Waals surface area contributed by atoms with E-state index in [0.717, 1.165) is 88.8 Å². The molecule has 0 amide bonds. The van der Waals surface area contributed by atoms with Gasteiger partial charge < -0.3 is 13.7 Å². The van der Waals surface area contributed by atoms with Crippen LogP contribution in [0, 0.1) is 0 Å². The van der Waals surface area contributed by atoms with Crippen molar-refractivity contribution in [2.75, 3.05) is 4.90 Å². The minimum absolute atomic E-state index is 0.549. The highest BCUT2D eigenvalue weighted by molar-refractivity contribution is 6.13. The molecule has 11 aromatic rings. The van der Waals surface area contributed by atoms with Crippen LogP contribution in [-0.2, 0) is 0 Å². The fourth-order valence-corrected chi connectivity index (χ4v) is 7.81. The highest BCUT2D eigenvalue weighted by Gasteiger charge is 2.23. The van der Waals surface area contributed by atoms with Gasteiger partial charge in [0.25, 0.3) is 0 Å². The number of hydrogen-bond acceptors (Lipinski definition) is 6. The standard InChI is InChI=1S/C51H32N4O2/c1-4-14-33(15-5-1)34-24-26-37(27-25-34)55(38-28-29-41-40-20-10-12-22-44(40)56-46(41)31-38)39-30-43(48-42-21-11-13-23-45(42)57-47(48)32-39)51-53-49(35-16-6-2-7-17-35)52-50(54-51)36-18-8-3-9-19-36/h1-32H. The van der Waals surface area contributed by atoms with Crippen LogP contribution in [0.25, 0.3) is 89.2 Å². The van der Waals surface area contributed by atoms with E-state index in [-0.39, 0.29) is 0 Å². The molecular weight excluding hydrogens is 701 g/mol. The van der Waals surface area contributed by atoms with Gasteiger partial charge >= 0.3 is 0 Å². The monoisotopic (exact) mass is 732 g/mol. The van der Waals surface area contributed by atoms with E-state index in [1.807, 2.05) is 103 Å². The summed E-state index contributed by atoms with van der Waals surface area (Å²) < 4.78 is 13.1. The average molecular weight is 733 g/mol. The molecule has 0 unspecified atom stereocenters. The van der Waals surface area contributed by atoms with Gasteiger partial charge in [-0.3, -0.25) is 0 Å². The molecule has 0 aliphatic rings. The van der Waals surface area contributed by atoms with E-state index in [4.69, 9.17) is 23.8 Å². The summed E-state index contributed by atoms with van der Waals surface area (Å²) >= 11 is 0. The lowest BCUT2D eigenvalue weighted by molar-refractivity contribution is 0.669. The second-order valence-electron chi connectivity index (χ2n) is 14.0. The van der Waals surface area contributed by atoms with E-state index < -0.39 is 0 Å². The van der Waals surface area contributed by atoms with Crippen molar-refractivity contribution < 1.29 is 8.83 Å². The molecule has 57 heavy (non-hydrogen) atoms. The predicted molar refractivity (Wildman–Crippen MR) is 231 cm³/mol. The van der Waals surface area contributed by atoms with Crippen molar-refractivity contribution in [2.45, 2.75) is 0 Å². The van der Waals surface area contributed by atoms with Crippen molar-refractivity contribution in [1.82, 2.24) is 15.0 Å². The van der Waals surface area contributed by atoms with Gasteiger partial charge in [-0.25, -0.2) is 15.0 Å². The predicted octanol–water partition coefficient (Wildman–Crippen LogP) is 13.8. The number of hydrogen-bond donors (Lipinski definition) is 0. The van der Waals surface area contributed by atoms with E-state index >= 15 is 0 Å². The van der Waals surface area contributed by atoms with Gasteiger partial charge in [0.1, 0.15) is 22.3 Å². The second-order valence-corrected chi connectivity index (χ2v) is 14.0. The molecule has 0 saturated heterocycles. The summed E-state index contributed by atoms with van der Waals surface area (Å²) in [6.07, 6.45) is 0. The highest BCUT2D eigenvalue weighted by Crippen LogP contribution is 2.45. The van der Waals surface area contributed by atoms with Gasteiger partial charge in [-0.05, 0) is 53.6 Å². The number of benzene rings is 8. The Morgan fingerprint density at radius 1 is 0.316 bits per heavy atom. The Labute approximate surface area is 328 Å².